The van der Waals surface area contributed by atoms with Crippen molar-refractivity contribution in [3.05, 3.63) is 58.7 Å². The zero-order chi connectivity index (χ0) is 23.3. The minimum absolute atomic E-state index is 0.0944. The van der Waals surface area contributed by atoms with E-state index in [1.54, 1.807) is 17.1 Å². The van der Waals surface area contributed by atoms with Crippen LogP contribution in [0.4, 0.5) is 18.9 Å². The van der Waals surface area contributed by atoms with Crippen LogP contribution < -0.4 is 9.75 Å². The van der Waals surface area contributed by atoms with Gasteiger partial charge in [-0.1, -0.05) is 12.8 Å². The lowest BCUT2D eigenvalue weighted by Gasteiger charge is -2.34. The Morgan fingerprint density at radius 1 is 1.18 bits per heavy atom. The van der Waals surface area contributed by atoms with Crippen molar-refractivity contribution in [2.75, 3.05) is 11.6 Å². The number of carboxylic acid groups (broad SMARTS) is 1. The van der Waals surface area contributed by atoms with Gasteiger partial charge in [0.2, 0.25) is 0 Å². The summed E-state index contributed by atoms with van der Waals surface area (Å²) in [6, 6.07) is 9.72. The maximum absolute atomic E-state index is 13.6. The highest BCUT2D eigenvalue weighted by atomic mass is 19.4. The second-order valence-electron chi connectivity index (χ2n) is 8.64. The number of ether oxygens (including phenoxy) is 1. The van der Waals surface area contributed by atoms with Crippen LogP contribution in [0.25, 0.3) is 0 Å². The largest absolute Gasteiger partial charge is 0.492 e. The van der Waals surface area contributed by atoms with Gasteiger partial charge < -0.3 is 9.84 Å². The third-order valence-electron chi connectivity index (χ3n) is 6.76. The number of benzene rings is 2. The van der Waals surface area contributed by atoms with Gasteiger partial charge in [0, 0.05) is 5.56 Å². The lowest BCUT2D eigenvalue weighted by atomic mass is 9.81. The maximum Gasteiger partial charge on any atom is 0.417 e. The van der Waals surface area contributed by atoms with Crippen LogP contribution >= 0.6 is 0 Å². The Morgan fingerprint density at radius 2 is 1.94 bits per heavy atom. The van der Waals surface area contributed by atoms with Crippen molar-refractivity contribution in [2.45, 2.75) is 37.9 Å². The number of anilines is 1. The quantitative estimate of drug-likeness (QED) is 0.699. The maximum atomic E-state index is 13.6. The first-order valence-corrected chi connectivity index (χ1v) is 10.8. The molecule has 33 heavy (non-hydrogen) atoms. The van der Waals surface area contributed by atoms with Crippen LogP contribution in [-0.4, -0.2) is 29.4 Å². The summed E-state index contributed by atoms with van der Waals surface area (Å²) < 4.78 is 46.8. The van der Waals surface area contributed by atoms with Crippen molar-refractivity contribution in [1.29, 1.82) is 5.26 Å². The van der Waals surface area contributed by atoms with E-state index in [9.17, 15) is 23.1 Å². The average Bonchev–Trinajstić information content (AvgIpc) is 3.45. The van der Waals surface area contributed by atoms with Crippen molar-refractivity contribution in [3.8, 4) is 11.8 Å². The SMILES string of the molecule is N#Cc1ccc(N2N=C3c4ccc(C(=O)O)cc4OC[C@@H]3[C@@H]2C2CCCC2)cc1C(F)(F)F. The minimum Gasteiger partial charge on any atom is -0.492 e. The molecule has 2 aliphatic heterocycles. The van der Waals surface area contributed by atoms with Crippen LogP contribution in [0.2, 0.25) is 0 Å². The van der Waals surface area contributed by atoms with Gasteiger partial charge in [-0.3, -0.25) is 5.01 Å². The molecule has 0 unspecified atom stereocenters. The first-order valence-electron chi connectivity index (χ1n) is 10.8. The summed E-state index contributed by atoms with van der Waals surface area (Å²) in [4.78, 5) is 11.3. The molecule has 0 saturated heterocycles. The Bertz CT molecular complexity index is 1200. The predicted molar refractivity (Wildman–Crippen MR) is 113 cm³/mol. The summed E-state index contributed by atoms with van der Waals surface area (Å²) in [6.07, 6.45) is -0.650. The number of hydrogen-bond acceptors (Lipinski definition) is 5. The van der Waals surface area contributed by atoms with Crippen LogP contribution in [0.3, 0.4) is 0 Å². The second-order valence-corrected chi connectivity index (χ2v) is 8.64. The van der Waals surface area contributed by atoms with E-state index in [0.29, 0.717) is 17.0 Å². The molecular formula is C24H20F3N3O3. The number of nitrogens with zero attached hydrogens (tertiary/aromatic N) is 3. The Labute approximate surface area is 187 Å². The first kappa shape index (κ1) is 21.3. The van der Waals surface area contributed by atoms with Crippen LogP contribution in [-0.2, 0) is 6.18 Å². The summed E-state index contributed by atoms with van der Waals surface area (Å²) in [6.45, 7) is 0.273. The number of fused-ring (bicyclic) bond motifs is 3. The number of hydrazone groups is 1. The molecule has 5 rings (SSSR count). The van der Waals surface area contributed by atoms with E-state index in [2.05, 4.69) is 0 Å². The molecule has 1 fully saturated rings. The van der Waals surface area contributed by atoms with Gasteiger partial charge in [-0.15, -0.1) is 0 Å². The van der Waals surface area contributed by atoms with Gasteiger partial charge in [0.1, 0.15) is 5.75 Å². The number of rotatable bonds is 3. The zero-order valence-corrected chi connectivity index (χ0v) is 17.5. The fraction of sp³-hybridized carbons (Fsp3) is 0.375. The van der Waals surface area contributed by atoms with Crippen molar-refractivity contribution in [2.24, 2.45) is 16.9 Å². The van der Waals surface area contributed by atoms with E-state index in [4.69, 9.17) is 15.1 Å². The molecule has 0 bridgehead atoms. The smallest absolute Gasteiger partial charge is 0.417 e. The van der Waals surface area contributed by atoms with Gasteiger partial charge in [-0.2, -0.15) is 23.5 Å². The molecule has 0 aromatic heterocycles. The molecule has 2 aromatic carbocycles. The van der Waals surface area contributed by atoms with Crippen molar-refractivity contribution < 1.29 is 27.8 Å². The monoisotopic (exact) mass is 455 g/mol. The molecule has 2 atom stereocenters. The van der Waals surface area contributed by atoms with Crippen LogP contribution in [0.1, 0.15) is 52.7 Å². The topological polar surface area (TPSA) is 85.9 Å². The number of aromatic carboxylic acids is 1. The number of nitriles is 1. The van der Waals surface area contributed by atoms with Gasteiger partial charge in [0.05, 0.1) is 52.7 Å². The highest BCUT2D eigenvalue weighted by Gasteiger charge is 2.47. The van der Waals surface area contributed by atoms with Crippen molar-refractivity contribution in [3.63, 3.8) is 0 Å². The van der Waals surface area contributed by atoms with E-state index < -0.39 is 23.3 Å². The summed E-state index contributed by atoms with van der Waals surface area (Å²) in [5.41, 5.74) is 0.323. The van der Waals surface area contributed by atoms with Gasteiger partial charge in [0.15, 0.2) is 0 Å². The van der Waals surface area contributed by atoms with Gasteiger partial charge >= 0.3 is 12.1 Å². The summed E-state index contributed by atoms with van der Waals surface area (Å²) in [7, 11) is 0. The Kier molecular flexibility index (Phi) is 5.04. The normalized spacial score (nSPS) is 22.2. The van der Waals surface area contributed by atoms with Crippen molar-refractivity contribution in [1.82, 2.24) is 0 Å². The third-order valence-corrected chi connectivity index (χ3v) is 6.76. The molecular weight excluding hydrogens is 435 g/mol. The van der Waals surface area contributed by atoms with Gasteiger partial charge in [-0.05, 0) is 55.2 Å². The van der Waals surface area contributed by atoms with Gasteiger partial charge in [0.25, 0.3) is 0 Å². The third kappa shape index (κ3) is 3.59. The first-order chi connectivity index (χ1) is 15.8. The fourth-order valence-electron chi connectivity index (χ4n) is 5.25. The van der Waals surface area contributed by atoms with Crippen LogP contribution in [0, 0.1) is 23.2 Å². The number of carbonyl (C=O) groups is 1. The van der Waals surface area contributed by atoms with Crippen LogP contribution in [0.15, 0.2) is 41.5 Å². The van der Waals surface area contributed by atoms with E-state index in [1.807, 2.05) is 0 Å². The molecule has 3 aliphatic rings. The Hall–Kier alpha value is -3.54. The molecule has 0 radical (unpaired) electrons. The molecule has 2 heterocycles. The van der Waals surface area contributed by atoms with Crippen LogP contribution in [0.5, 0.6) is 5.75 Å². The average molecular weight is 455 g/mol. The Balaban J connectivity index is 1.61. The highest BCUT2D eigenvalue weighted by Crippen LogP contribution is 2.45. The fourth-order valence-corrected chi connectivity index (χ4v) is 5.25. The second kappa shape index (κ2) is 7.80. The molecule has 0 spiro atoms. The van der Waals surface area contributed by atoms with E-state index >= 15 is 0 Å². The Morgan fingerprint density at radius 3 is 2.61 bits per heavy atom. The zero-order valence-electron chi connectivity index (χ0n) is 17.5. The number of halogens is 3. The standard InChI is InChI=1S/C24H20F3N3O3/c25-24(26,27)19-10-16(7-5-15(19)11-28)30-22(13-3-1-2-4-13)18-12-33-20-9-14(23(31)32)6-8-17(20)21(18)29-30/h5-10,13,18,22H,1-4,12H2,(H,31,32)/t18-,22-/m0/s1. The number of hydrogen-bond donors (Lipinski definition) is 1. The molecule has 2 aromatic rings. The van der Waals surface area contributed by atoms with E-state index in [-0.39, 0.29) is 35.7 Å². The number of carboxylic acids is 1. The summed E-state index contributed by atoms with van der Waals surface area (Å²) in [5, 5.41) is 24.9. The molecule has 170 valence electrons. The minimum atomic E-state index is -4.66. The van der Waals surface area contributed by atoms with Crippen molar-refractivity contribution >= 4 is 17.4 Å². The predicted octanol–water partition coefficient (Wildman–Crippen LogP) is 5.07. The molecule has 1 aliphatic carbocycles. The molecule has 6 nitrogen and oxygen atoms in total. The molecule has 1 saturated carbocycles. The summed E-state index contributed by atoms with van der Waals surface area (Å²) in [5.74, 6) is -0.571. The number of alkyl halides is 3. The summed E-state index contributed by atoms with van der Waals surface area (Å²) >= 11 is 0. The lowest BCUT2D eigenvalue weighted by Crippen LogP contribution is -2.43. The molecule has 9 heteroatoms. The van der Waals surface area contributed by atoms with Gasteiger partial charge in [-0.25, -0.2) is 4.79 Å². The lowest BCUT2D eigenvalue weighted by molar-refractivity contribution is -0.137. The van der Waals surface area contributed by atoms with E-state index in [1.165, 1.54) is 24.3 Å². The molecule has 0 amide bonds. The molecule has 1 N–H and O–H groups in total. The highest BCUT2D eigenvalue weighted by molar-refractivity contribution is 6.08. The van der Waals surface area contributed by atoms with E-state index in [0.717, 1.165) is 31.7 Å².